The van der Waals surface area contributed by atoms with E-state index in [1.807, 2.05) is 17.5 Å². The first kappa shape index (κ1) is 20.6. The number of thiophene rings is 1. The number of hydrogen-bond donors (Lipinski definition) is 2. The molecule has 1 aromatic heterocycles. The molecule has 3 rings (SSSR count). The molecule has 1 amide bonds. The van der Waals surface area contributed by atoms with Gasteiger partial charge in [-0.05, 0) is 47.8 Å². The summed E-state index contributed by atoms with van der Waals surface area (Å²) >= 11 is 1.60. The smallest absolute Gasteiger partial charge is 0.310 e. The Bertz CT molecular complexity index is 790. The van der Waals surface area contributed by atoms with Gasteiger partial charge in [-0.3, -0.25) is 9.59 Å². The van der Waals surface area contributed by atoms with Crippen molar-refractivity contribution < 1.29 is 14.7 Å². The number of carboxylic acids is 1. The molecule has 0 spiro atoms. The van der Waals surface area contributed by atoms with Crippen LogP contribution in [0.3, 0.4) is 0 Å². The molecular weight excluding hydrogens is 370 g/mol. The van der Waals surface area contributed by atoms with Crippen LogP contribution < -0.4 is 5.32 Å². The van der Waals surface area contributed by atoms with Gasteiger partial charge in [-0.25, -0.2) is 0 Å². The fourth-order valence-electron chi connectivity index (χ4n) is 4.13. The largest absolute Gasteiger partial charge is 0.481 e. The fraction of sp³-hybridized carbons (Fsp3) is 0.478. The standard InChI is InChI=1S/C23H29NO3S/c1-16(2)14-17-7-9-18(10-8-17)21(19-6-5-13-28-19)24-20(25)15-23(22(26)27)11-3-4-12-23/h5-10,13,16,21H,3-4,11-12,14-15H2,1-2H3,(H,24,25)(H,26,27)/t21-/m0/s1. The molecule has 28 heavy (non-hydrogen) atoms. The van der Waals surface area contributed by atoms with Crippen molar-refractivity contribution >= 4 is 23.2 Å². The summed E-state index contributed by atoms with van der Waals surface area (Å²) in [7, 11) is 0. The van der Waals surface area contributed by atoms with E-state index in [-0.39, 0.29) is 18.4 Å². The van der Waals surface area contributed by atoms with Crippen molar-refractivity contribution in [3.63, 3.8) is 0 Å². The topological polar surface area (TPSA) is 66.4 Å². The number of aliphatic carboxylic acids is 1. The molecule has 1 aromatic carbocycles. The van der Waals surface area contributed by atoms with Crippen molar-refractivity contribution in [2.75, 3.05) is 0 Å². The van der Waals surface area contributed by atoms with Gasteiger partial charge in [0.15, 0.2) is 0 Å². The molecule has 150 valence electrons. The number of carboxylic acid groups (broad SMARTS) is 1. The molecule has 2 N–H and O–H groups in total. The molecule has 1 heterocycles. The maximum atomic E-state index is 12.8. The van der Waals surface area contributed by atoms with E-state index in [1.54, 1.807) is 11.3 Å². The zero-order chi connectivity index (χ0) is 20.1. The first-order valence-corrected chi connectivity index (χ1v) is 10.9. The Morgan fingerprint density at radius 3 is 2.36 bits per heavy atom. The fourth-order valence-corrected chi connectivity index (χ4v) is 4.93. The Kier molecular flexibility index (Phi) is 6.55. The van der Waals surface area contributed by atoms with Gasteiger partial charge in [0.1, 0.15) is 0 Å². The molecule has 1 atom stereocenters. The SMILES string of the molecule is CC(C)Cc1ccc([C@H](NC(=O)CC2(C(=O)O)CCCC2)c2cccs2)cc1. The minimum Gasteiger partial charge on any atom is -0.481 e. The van der Waals surface area contributed by atoms with E-state index in [0.717, 1.165) is 29.7 Å². The third kappa shape index (κ3) is 4.82. The number of nitrogens with one attached hydrogen (secondary N) is 1. The molecule has 1 aliphatic carbocycles. The summed E-state index contributed by atoms with van der Waals surface area (Å²) in [4.78, 5) is 25.7. The second-order valence-electron chi connectivity index (χ2n) is 8.32. The molecule has 2 aromatic rings. The van der Waals surface area contributed by atoms with Crippen molar-refractivity contribution in [2.45, 2.75) is 58.4 Å². The molecule has 0 saturated heterocycles. The first-order chi connectivity index (χ1) is 13.4. The number of carbonyl (C=O) groups excluding carboxylic acids is 1. The Hall–Kier alpha value is -2.14. The summed E-state index contributed by atoms with van der Waals surface area (Å²) in [5, 5.41) is 14.8. The Morgan fingerprint density at radius 1 is 1.14 bits per heavy atom. The van der Waals surface area contributed by atoms with E-state index in [1.165, 1.54) is 5.56 Å². The zero-order valence-corrected chi connectivity index (χ0v) is 17.4. The third-order valence-corrected chi connectivity index (χ3v) is 6.54. The van der Waals surface area contributed by atoms with Crippen LogP contribution in [0.4, 0.5) is 0 Å². The van der Waals surface area contributed by atoms with Gasteiger partial charge in [-0.2, -0.15) is 0 Å². The van der Waals surface area contributed by atoms with Crippen LogP contribution in [0.25, 0.3) is 0 Å². The first-order valence-electron chi connectivity index (χ1n) is 10.0. The molecule has 0 radical (unpaired) electrons. The zero-order valence-electron chi connectivity index (χ0n) is 16.6. The van der Waals surface area contributed by atoms with Crippen LogP contribution in [0.1, 0.15) is 68.0 Å². The number of hydrogen-bond acceptors (Lipinski definition) is 3. The van der Waals surface area contributed by atoms with Crippen molar-refractivity contribution in [1.29, 1.82) is 0 Å². The van der Waals surface area contributed by atoms with Crippen LogP contribution in [-0.2, 0) is 16.0 Å². The van der Waals surface area contributed by atoms with Gasteiger partial charge in [0.2, 0.25) is 5.91 Å². The Balaban J connectivity index is 1.77. The van der Waals surface area contributed by atoms with Gasteiger partial charge in [-0.1, -0.05) is 57.0 Å². The Morgan fingerprint density at radius 2 is 1.82 bits per heavy atom. The maximum absolute atomic E-state index is 12.8. The summed E-state index contributed by atoms with van der Waals surface area (Å²) < 4.78 is 0. The van der Waals surface area contributed by atoms with Crippen molar-refractivity contribution in [3.8, 4) is 0 Å². The monoisotopic (exact) mass is 399 g/mol. The Labute approximate surface area is 171 Å². The highest BCUT2D eigenvalue weighted by molar-refractivity contribution is 7.10. The molecule has 4 nitrogen and oxygen atoms in total. The average molecular weight is 400 g/mol. The lowest BCUT2D eigenvalue weighted by Gasteiger charge is -2.25. The molecule has 0 unspecified atom stereocenters. The molecule has 0 bridgehead atoms. The quantitative estimate of drug-likeness (QED) is 0.642. The molecule has 0 aliphatic heterocycles. The van der Waals surface area contributed by atoms with Crippen molar-refractivity contribution in [3.05, 3.63) is 57.8 Å². The summed E-state index contributed by atoms with van der Waals surface area (Å²) in [6.45, 7) is 4.40. The van der Waals surface area contributed by atoms with Gasteiger partial charge in [0.25, 0.3) is 0 Å². The predicted molar refractivity (Wildman–Crippen MR) is 112 cm³/mol. The van der Waals surface area contributed by atoms with Gasteiger partial charge in [-0.15, -0.1) is 11.3 Å². The van der Waals surface area contributed by atoms with E-state index in [2.05, 4.69) is 43.4 Å². The maximum Gasteiger partial charge on any atom is 0.310 e. The van der Waals surface area contributed by atoms with E-state index in [0.29, 0.717) is 18.8 Å². The van der Waals surface area contributed by atoms with E-state index in [4.69, 9.17) is 0 Å². The number of carbonyl (C=O) groups is 2. The van der Waals surface area contributed by atoms with E-state index < -0.39 is 11.4 Å². The van der Waals surface area contributed by atoms with Gasteiger partial charge >= 0.3 is 5.97 Å². The number of rotatable bonds is 8. The summed E-state index contributed by atoms with van der Waals surface area (Å²) in [6, 6.07) is 12.1. The van der Waals surface area contributed by atoms with Gasteiger partial charge in [0.05, 0.1) is 11.5 Å². The highest BCUT2D eigenvalue weighted by Crippen LogP contribution is 2.41. The van der Waals surface area contributed by atoms with Crippen LogP contribution in [0.15, 0.2) is 41.8 Å². The second kappa shape index (κ2) is 8.91. The number of benzene rings is 1. The lowest BCUT2D eigenvalue weighted by Crippen LogP contribution is -2.37. The number of amides is 1. The third-order valence-electron chi connectivity index (χ3n) is 5.60. The van der Waals surface area contributed by atoms with Gasteiger partial charge in [0, 0.05) is 11.3 Å². The van der Waals surface area contributed by atoms with Crippen LogP contribution >= 0.6 is 11.3 Å². The average Bonchev–Trinajstić information content (AvgIpc) is 3.32. The minimum atomic E-state index is -0.898. The summed E-state index contributed by atoms with van der Waals surface area (Å²) in [5.74, 6) is -0.433. The van der Waals surface area contributed by atoms with Crippen LogP contribution in [-0.4, -0.2) is 17.0 Å². The lowest BCUT2D eigenvalue weighted by molar-refractivity contribution is -0.151. The normalized spacial score (nSPS) is 16.8. The predicted octanol–water partition coefficient (Wildman–Crippen LogP) is 5.19. The highest BCUT2D eigenvalue weighted by atomic mass is 32.1. The lowest BCUT2D eigenvalue weighted by atomic mass is 9.82. The van der Waals surface area contributed by atoms with Crippen molar-refractivity contribution in [2.24, 2.45) is 11.3 Å². The second-order valence-corrected chi connectivity index (χ2v) is 9.30. The van der Waals surface area contributed by atoms with Crippen molar-refractivity contribution in [1.82, 2.24) is 5.32 Å². The van der Waals surface area contributed by atoms with Gasteiger partial charge < -0.3 is 10.4 Å². The van der Waals surface area contributed by atoms with E-state index >= 15 is 0 Å². The van der Waals surface area contributed by atoms with E-state index in [9.17, 15) is 14.7 Å². The molecular formula is C23H29NO3S. The molecule has 1 saturated carbocycles. The minimum absolute atomic E-state index is 0.0512. The molecule has 1 fully saturated rings. The molecule has 5 heteroatoms. The summed E-state index contributed by atoms with van der Waals surface area (Å²) in [6.07, 6.45) is 4.01. The van der Waals surface area contributed by atoms with Crippen LogP contribution in [0.5, 0.6) is 0 Å². The highest BCUT2D eigenvalue weighted by Gasteiger charge is 2.43. The summed E-state index contributed by atoms with van der Waals surface area (Å²) in [5.41, 5.74) is 1.41. The van der Waals surface area contributed by atoms with Crippen LogP contribution in [0.2, 0.25) is 0 Å². The molecule has 1 aliphatic rings. The van der Waals surface area contributed by atoms with Crippen LogP contribution in [0, 0.1) is 11.3 Å².